The lowest BCUT2D eigenvalue weighted by Crippen LogP contribution is -2.14. The van der Waals surface area contributed by atoms with Gasteiger partial charge in [-0.25, -0.2) is 9.67 Å². The molecule has 0 saturated heterocycles. The third-order valence-corrected chi connectivity index (χ3v) is 3.92. The first-order chi connectivity index (χ1) is 13.1. The highest BCUT2D eigenvalue weighted by Crippen LogP contribution is 2.19. The number of carbonyl (C=O) groups is 2. The average Bonchev–Trinajstić information content (AvgIpc) is 3.20. The number of hydrogen-bond acceptors (Lipinski definition) is 5. The number of benzene rings is 2. The first-order valence-corrected chi connectivity index (χ1v) is 8.61. The van der Waals surface area contributed by atoms with E-state index in [1.54, 1.807) is 35.3 Å². The van der Waals surface area contributed by atoms with E-state index in [2.05, 4.69) is 15.4 Å². The van der Waals surface area contributed by atoms with Crippen molar-refractivity contribution in [3.05, 3.63) is 66.7 Å². The van der Waals surface area contributed by atoms with Crippen LogP contribution in [0.5, 0.6) is 5.75 Å². The molecule has 7 nitrogen and oxygen atoms in total. The quantitative estimate of drug-likeness (QED) is 0.490. The minimum Gasteiger partial charge on any atom is -0.494 e. The Bertz CT molecular complexity index is 905. The summed E-state index contributed by atoms with van der Waals surface area (Å²) in [5.74, 6) is 0.597. The highest BCUT2D eigenvalue weighted by molar-refractivity contribution is 5.94. The van der Waals surface area contributed by atoms with E-state index >= 15 is 0 Å². The second-order valence-corrected chi connectivity index (χ2v) is 5.94. The maximum absolute atomic E-state index is 12.2. The van der Waals surface area contributed by atoms with E-state index in [0.717, 1.165) is 5.69 Å². The number of anilines is 1. The number of amides is 1. The summed E-state index contributed by atoms with van der Waals surface area (Å²) in [6.45, 7) is 1.94. The number of nitrogens with one attached hydrogen (secondary N) is 1. The number of rotatable bonds is 8. The molecule has 1 N–H and O–H groups in total. The molecule has 3 aromatic rings. The van der Waals surface area contributed by atoms with Crippen molar-refractivity contribution in [1.29, 1.82) is 0 Å². The molecule has 1 heterocycles. The van der Waals surface area contributed by atoms with Gasteiger partial charge in [0.15, 0.2) is 5.78 Å². The smallest absolute Gasteiger partial charge is 0.224 e. The Kier molecular flexibility index (Phi) is 5.94. The summed E-state index contributed by atoms with van der Waals surface area (Å²) >= 11 is 0. The second-order valence-electron chi connectivity index (χ2n) is 5.94. The first kappa shape index (κ1) is 18.3. The largest absolute Gasteiger partial charge is 0.494 e. The third kappa shape index (κ3) is 5.01. The van der Waals surface area contributed by atoms with Crippen LogP contribution in [0.25, 0.3) is 5.69 Å². The molecule has 3 rings (SSSR count). The Morgan fingerprint density at radius 2 is 1.89 bits per heavy atom. The van der Waals surface area contributed by atoms with Gasteiger partial charge in [-0.1, -0.05) is 12.1 Å². The van der Waals surface area contributed by atoms with Gasteiger partial charge in [-0.15, -0.1) is 0 Å². The van der Waals surface area contributed by atoms with Gasteiger partial charge in [0.1, 0.15) is 18.4 Å². The summed E-state index contributed by atoms with van der Waals surface area (Å²) < 4.78 is 7.21. The summed E-state index contributed by atoms with van der Waals surface area (Å²) in [6.07, 6.45) is 3.93. The Morgan fingerprint density at radius 3 is 2.59 bits per heavy atom. The molecule has 138 valence electrons. The Labute approximate surface area is 157 Å². The molecule has 27 heavy (non-hydrogen) atoms. The summed E-state index contributed by atoms with van der Waals surface area (Å²) in [4.78, 5) is 27.4. The zero-order valence-corrected chi connectivity index (χ0v) is 15.0. The SMILES string of the molecule is CC(=O)c1ccc(OCCCC(=O)Nc2ccccc2-n2cncn2)cc1. The minimum absolute atomic E-state index is 0.0180. The first-order valence-electron chi connectivity index (χ1n) is 8.61. The summed E-state index contributed by atoms with van der Waals surface area (Å²) in [5.41, 5.74) is 2.08. The van der Waals surface area contributed by atoms with Gasteiger partial charge < -0.3 is 10.1 Å². The standard InChI is InChI=1S/C20H20N4O3/c1-15(25)16-8-10-17(11-9-16)27-12-4-7-20(26)23-18-5-2-3-6-19(18)24-14-21-13-22-24/h2-3,5-6,8-11,13-14H,4,7,12H2,1H3,(H,23,26). The van der Waals surface area contributed by atoms with E-state index < -0.39 is 0 Å². The molecule has 1 aromatic heterocycles. The van der Waals surface area contributed by atoms with Gasteiger partial charge in [-0.3, -0.25) is 9.59 Å². The molecule has 0 radical (unpaired) electrons. The van der Waals surface area contributed by atoms with Gasteiger partial charge >= 0.3 is 0 Å². The molecule has 1 amide bonds. The average molecular weight is 364 g/mol. The lowest BCUT2D eigenvalue weighted by atomic mass is 10.1. The molecule has 0 aliphatic heterocycles. The van der Waals surface area contributed by atoms with Crippen LogP contribution < -0.4 is 10.1 Å². The molecule has 0 bridgehead atoms. The number of carbonyl (C=O) groups excluding carboxylic acids is 2. The van der Waals surface area contributed by atoms with Gasteiger partial charge in [0.25, 0.3) is 0 Å². The van der Waals surface area contributed by atoms with E-state index in [1.807, 2.05) is 24.3 Å². The van der Waals surface area contributed by atoms with Crippen molar-refractivity contribution in [3.63, 3.8) is 0 Å². The molecule has 0 spiro atoms. The van der Waals surface area contributed by atoms with Crippen molar-refractivity contribution >= 4 is 17.4 Å². The van der Waals surface area contributed by atoms with E-state index in [1.165, 1.54) is 13.3 Å². The number of hydrogen-bond donors (Lipinski definition) is 1. The van der Waals surface area contributed by atoms with E-state index in [4.69, 9.17) is 4.74 Å². The van der Waals surface area contributed by atoms with Crippen LogP contribution in [-0.2, 0) is 4.79 Å². The molecule has 0 aliphatic rings. The van der Waals surface area contributed by atoms with Crippen molar-refractivity contribution in [2.75, 3.05) is 11.9 Å². The minimum atomic E-state index is -0.0990. The molecule has 0 fully saturated rings. The second kappa shape index (κ2) is 8.75. The zero-order chi connectivity index (χ0) is 19.1. The fraction of sp³-hybridized carbons (Fsp3) is 0.200. The number of nitrogens with zero attached hydrogens (tertiary/aromatic N) is 3. The Morgan fingerprint density at radius 1 is 1.11 bits per heavy atom. The van der Waals surface area contributed by atoms with Crippen molar-refractivity contribution in [2.45, 2.75) is 19.8 Å². The van der Waals surface area contributed by atoms with Gasteiger partial charge in [-0.05, 0) is 49.7 Å². The van der Waals surface area contributed by atoms with E-state index in [0.29, 0.717) is 36.4 Å². The number of ketones is 1. The van der Waals surface area contributed by atoms with Crippen LogP contribution in [0, 0.1) is 0 Å². The molecule has 0 atom stereocenters. The Balaban J connectivity index is 1.47. The lowest BCUT2D eigenvalue weighted by molar-refractivity contribution is -0.116. The molecule has 0 unspecified atom stereocenters. The van der Waals surface area contributed by atoms with Crippen LogP contribution in [0.1, 0.15) is 30.1 Å². The highest BCUT2D eigenvalue weighted by atomic mass is 16.5. The highest BCUT2D eigenvalue weighted by Gasteiger charge is 2.08. The van der Waals surface area contributed by atoms with Gasteiger partial charge in [0.05, 0.1) is 18.0 Å². The van der Waals surface area contributed by atoms with Crippen molar-refractivity contribution in [2.24, 2.45) is 0 Å². The fourth-order valence-corrected chi connectivity index (χ4v) is 2.53. The summed E-state index contributed by atoms with van der Waals surface area (Å²) in [6, 6.07) is 14.4. The Hall–Kier alpha value is -3.48. The third-order valence-electron chi connectivity index (χ3n) is 3.92. The maximum Gasteiger partial charge on any atom is 0.224 e. The van der Waals surface area contributed by atoms with Crippen LogP contribution >= 0.6 is 0 Å². The van der Waals surface area contributed by atoms with E-state index in [-0.39, 0.29) is 11.7 Å². The fourth-order valence-electron chi connectivity index (χ4n) is 2.53. The number of Topliss-reactive ketones (excluding diaryl/α,β-unsaturated/α-hetero) is 1. The molecule has 2 aromatic carbocycles. The molecule has 0 saturated carbocycles. The van der Waals surface area contributed by atoms with Gasteiger partial charge in [0, 0.05) is 12.0 Å². The van der Waals surface area contributed by atoms with Gasteiger partial charge in [0.2, 0.25) is 5.91 Å². The molecule has 0 aliphatic carbocycles. The van der Waals surface area contributed by atoms with Gasteiger partial charge in [-0.2, -0.15) is 5.10 Å². The van der Waals surface area contributed by atoms with E-state index in [9.17, 15) is 9.59 Å². The lowest BCUT2D eigenvalue weighted by Gasteiger charge is -2.11. The van der Waals surface area contributed by atoms with Crippen LogP contribution in [0.4, 0.5) is 5.69 Å². The number of para-hydroxylation sites is 2. The summed E-state index contributed by atoms with van der Waals surface area (Å²) in [5, 5.41) is 6.99. The van der Waals surface area contributed by atoms with Crippen LogP contribution in [0.2, 0.25) is 0 Å². The molecular weight excluding hydrogens is 344 g/mol. The summed E-state index contributed by atoms with van der Waals surface area (Å²) in [7, 11) is 0. The number of aromatic nitrogens is 3. The maximum atomic E-state index is 12.2. The van der Waals surface area contributed by atoms with Crippen LogP contribution in [-0.4, -0.2) is 33.1 Å². The molecular formula is C20H20N4O3. The van der Waals surface area contributed by atoms with Crippen molar-refractivity contribution in [1.82, 2.24) is 14.8 Å². The zero-order valence-electron chi connectivity index (χ0n) is 15.0. The molecule has 7 heteroatoms. The predicted octanol–water partition coefficient (Wildman–Crippen LogP) is 3.27. The topological polar surface area (TPSA) is 86.1 Å². The predicted molar refractivity (Wildman–Crippen MR) is 101 cm³/mol. The van der Waals surface area contributed by atoms with Crippen LogP contribution in [0.3, 0.4) is 0 Å². The van der Waals surface area contributed by atoms with Crippen molar-refractivity contribution in [3.8, 4) is 11.4 Å². The van der Waals surface area contributed by atoms with Crippen LogP contribution in [0.15, 0.2) is 61.2 Å². The number of ether oxygens (including phenoxy) is 1. The monoisotopic (exact) mass is 364 g/mol. The normalized spacial score (nSPS) is 10.4. The van der Waals surface area contributed by atoms with Crippen molar-refractivity contribution < 1.29 is 14.3 Å².